The van der Waals surface area contributed by atoms with Gasteiger partial charge in [-0.2, -0.15) is 0 Å². The molecule has 236 valence electrons. The number of rotatable bonds is 6. The summed E-state index contributed by atoms with van der Waals surface area (Å²) in [6.45, 7) is 0. The quantitative estimate of drug-likeness (QED) is 0.173. The summed E-state index contributed by atoms with van der Waals surface area (Å²) >= 11 is 3.74. The van der Waals surface area contributed by atoms with Crippen molar-refractivity contribution in [1.29, 1.82) is 0 Å². The van der Waals surface area contributed by atoms with Crippen molar-refractivity contribution in [1.82, 2.24) is 0 Å². The van der Waals surface area contributed by atoms with E-state index < -0.39 is 0 Å². The minimum Gasteiger partial charge on any atom is -0.308 e. The Labute approximate surface area is 298 Å². The summed E-state index contributed by atoms with van der Waals surface area (Å²) in [5, 5.41) is 7.71. The Bertz CT molecular complexity index is 2780. The van der Waals surface area contributed by atoms with Crippen LogP contribution in [-0.4, -0.2) is 0 Å². The second-order valence-electron chi connectivity index (χ2n) is 12.5. The second-order valence-corrected chi connectivity index (χ2v) is 14.7. The van der Waals surface area contributed by atoms with Crippen molar-refractivity contribution in [2.45, 2.75) is 0 Å². The average Bonchev–Trinajstić information content (AvgIpc) is 3.76. The van der Waals surface area contributed by atoms with Gasteiger partial charge in [-0.15, -0.1) is 22.7 Å². The van der Waals surface area contributed by atoms with E-state index in [1.165, 1.54) is 51.1 Å². The van der Waals surface area contributed by atoms with Crippen LogP contribution in [0.1, 0.15) is 0 Å². The maximum absolute atomic E-state index is 2.49. The molecule has 0 aliphatic carbocycles. The van der Waals surface area contributed by atoms with Crippen molar-refractivity contribution in [3.05, 3.63) is 182 Å². The zero-order valence-electron chi connectivity index (χ0n) is 27.0. The van der Waals surface area contributed by atoms with Crippen LogP contribution in [0.25, 0.3) is 51.1 Å². The summed E-state index contributed by atoms with van der Waals surface area (Å²) in [7, 11) is 0. The number of nitrogens with zero attached hydrogens (tertiary/aromatic N) is 2. The van der Waals surface area contributed by atoms with Crippen LogP contribution in [0.2, 0.25) is 0 Å². The van der Waals surface area contributed by atoms with Gasteiger partial charge in [-0.05, 0) is 83.6 Å². The number of thiophene rings is 2. The molecule has 0 spiro atoms. The lowest BCUT2D eigenvalue weighted by atomic mass is 10.0. The van der Waals surface area contributed by atoms with E-state index in [1.54, 1.807) is 0 Å². The Morgan fingerprint density at radius 2 is 0.920 bits per heavy atom. The van der Waals surface area contributed by atoms with Crippen molar-refractivity contribution in [2.75, 3.05) is 9.80 Å². The average molecular weight is 675 g/mol. The van der Waals surface area contributed by atoms with Crippen LogP contribution < -0.4 is 9.80 Å². The van der Waals surface area contributed by atoms with Crippen molar-refractivity contribution in [2.24, 2.45) is 0 Å². The Hall–Kier alpha value is -5.94. The number of hydrogen-bond acceptors (Lipinski definition) is 4. The van der Waals surface area contributed by atoms with E-state index in [-0.39, 0.29) is 0 Å². The molecular weight excluding hydrogens is 645 g/mol. The first-order chi connectivity index (χ1) is 24.8. The van der Waals surface area contributed by atoms with Crippen LogP contribution >= 0.6 is 22.7 Å². The third-order valence-electron chi connectivity index (χ3n) is 9.61. The summed E-state index contributed by atoms with van der Waals surface area (Å²) < 4.78 is 5.15. The van der Waals surface area contributed by atoms with E-state index in [2.05, 4.69) is 192 Å². The van der Waals surface area contributed by atoms with Crippen LogP contribution in [0.4, 0.5) is 34.1 Å². The minimum absolute atomic E-state index is 1.11. The lowest BCUT2D eigenvalue weighted by Crippen LogP contribution is -2.17. The largest absolute Gasteiger partial charge is 0.308 e. The molecule has 10 aromatic rings. The molecule has 0 saturated heterocycles. The first kappa shape index (κ1) is 29.0. The maximum Gasteiger partial charge on any atom is 0.0883 e. The van der Waals surface area contributed by atoms with Gasteiger partial charge < -0.3 is 9.80 Å². The van der Waals surface area contributed by atoms with E-state index in [0.717, 1.165) is 34.1 Å². The van der Waals surface area contributed by atoms with Gasteiger partial charge in [-0.3, -0.25) is 0 Å². The summed E-state index contributed by atoms with van der Waals surface area (Å²) in [6.07, 6.45) is 0. The van der Waals surface area contributed by atoms with Crippen LogP contribution in [0, 0.1) is 0 Å². The second kappa shape index (κ2) is 11.9. The standard InChI is InChI=1S/C46H30N2S2/c1-4-15-32(16-5-1)47(33-17-6-2-7-18-33)40-27-26-38-44-36-21-11-10-14-31(36)24-28-43(44)50-46(38)45(40)48(34-19-8-3-9-20-34)35-25-29-42-39(30-35)37-22-12-13-23-41(37)49-42/h1-30H. The highest BCUT2D eigenvalue weighted by Gasteiger charge is 2.27. The highest BCUT2D eigenvalue weighted by Crippen LogP contribution is 2.53. The first-order valence-electron chi connectivity index (χ1n) is 16.9. The Morgan fingerprint density at radius 3 is 1.64 bits per heavy atom. The highest BCUT2D eigenvalue weighted by atomic mass is 32.1. The van der Waals surface area contributed by atoms with Crippen molar-refractivity contribution in [3.63, 3.8) is 0 Å². The van der Waals surface area contributed by atoms with Gasteiger partial charge in [0.1, 0.15) is 0 Å². The number of para-hydroxylation sites is 3. The minimum atomic E-state index is 1.11. The van der Waals surface area contributed by atoms with E-state index >= 15 is 0 Å². The van der Waals surface area contributed by atoms with E-state index in [1.807, 2.05) is 22.7 Å². The predicted octanol–water partition coefficient (Wildman–Crippen LogP) is 14.5. The van der Waals surface area contributed by atoms with Gasteiger partial charge in [0.05, 0.1) is 16.1 Å². The van der Waals surface area contributed by atoms with Crippen molar-refractivity contribution < 1.29 is 0 Å². The van der Waals surface area contributed by atoms with Gasteiger partial charge in [0, 0.05) is 58.4 Å². The molecular formula is C46H30N2S2. The molecule has 2 aromatic heterocycles. The normalized spacial score (nSPS) is 11.6. The number of benzene rings is 8. The summed E-state index contributed by atoms with van der Waals surface area (Å²) in [5.74, 6) is 0. The molecule has 8 aromatic carbocycles. The molecule has 0 bridgehead atoms. The van der Waals surface area contributed by atoms with E-state index in [0.29, 0.717) is 0 Å². The molecule has 2 nitrogen and oxygen atoms in total. The molecule has 0 radical (unpaired) electrons. The molecule has 0 amide bonds. The fourth-order valence-corrected chi connectivity index (χ4v) is 9.74. The van der Waals surface area contributed by atoms with Crippen molar-refractivity contribution >= 4 is 108 Å². The molecule has 0 unspecified atom stereocenters. The third kappa shape index (κ3) is 4.68. The number of hydrogen-bond donors (Lipinski definition) is 0. The van der Waals surface area contributed by atoms with Gasteiger partial charge in [0.15, 0.2) is 0 Å². The summed E-state index contributed by atoms with van der Waals surface area (Å²) in [4.78, 5) is 4.89. The molecule has 4 heteroatoms. The molecule has 0 N–H and O–H groups in total. The van der Waals surface area contributed by atoms with Gasteiger partial charge >= 0.3 is 0 Å². The monoisotopic (exact) mass is 674 g/mol. The molecule has 0 fully saturated rings. The Morgan fingerprint density at radius 1 is 0.340 bits per heavy atom. The molecule has 0 atom stereocenters. The third-order valence-corrected chi connectivity index (χ3v) is 11.9. The maximum atomic E-state index is 2.49. The van der Waals surface area contributed by atoms with Gasteiger partial charge in [-0.1, -0.05) is 109 Å². The van der Waals surface area contributed by atoms with Crippen LogP contribution in [-0.2, 0) is 0 Å². The molecule has 0 aliphatic heterocycles. The van der Waals surface area contributed by atoms with E-state index in [9.17, 15) is 0 Å². The first-order valence-corrected chi connectivity index (χ1v) is 18.5. The van der Waals surface area contributed by atoms with Crippen LogP contribution in [0.15, 0.2) is 182 Å². The fourth-order valence-electron chi connectivity index (χ4n) is 7.40. The summed E-state index contributed by atoms with van der Waals surface area (Å²) in [5.41, 5.74) is 6.74. The van der Waals surface area contributed by atoms with Gasteiger partial charge in [0.25, 0.3) is 0 Å². The molecule has 50 heavy (non-hydrogen) atoms. The zero-order chi connectivity index (χ0) is 33.0. The highest BCUT2D eigenvalue weighted by molar-refractivity contribution is 7.26. The predicted molar refractivity (Wildman–Crippen MR) is 219 cm³/mol. The molecule has 0 aliphatic rings. The Kier molecular flexibility index (Phi) is 6.90. The fraction of sp³-hybridized carbons (Fsp3) is 0. The van der Waals surface area contributed by atoms with Gasteiger partial charge in [0.2, 0.25) is 0 Å². The summed E-state index contributed by atoms with van der Waals surface area (Å²) in [6, 6.07) is 66.1. The topological polar surface area (TPSA) is 6.48 Å². The zero-order valence-corrected chi connectivity index (χ0v) is 28.7. The van der Waals surface area contributed by atoms with Gasteiger partial charge in [-0.25, -0.2) is 0 Å². The lowest BCUT2D eigenvalue weighted by Gasteiger charge is -2.33. The lowest BCUT2D eigenvalue weighted by molar-refractivity contribution is 1.24. The molecule has 10 rings (SSSR count). The van der Waals surface area contributed by atoms with Crippen molar-refractivity contribution in [3.8, 4) is 0 Å². The van der Waals surface area contributed by atoms with Crippen LogP contribution in [0.3, 0.4) is 0 Å². The number of anilines is 6. The molecule has 2 heterocycles. The molecule has 0 saturated carbocycles. The van der Waals surface area contributed by atoms with E-state index in [4.69, 9.17) is 0 Å². The smallest absolute Gasteiger partial charge is 0.0883 e. The number of fused-ring (bicyclic) bond motifs is 8. The SMILES string of the molecule is c1ccc(N(c2ccccc2)c2ccc3c(sc4ccc5ccccc5c43)c2N(c2ccccc2)c2ccc3sc4ccccc4c3c2)cc1. The van der Waals surface area contributed by atoms with Crippen LogP contribution in [0.5, 0.6) is 0 Å². The Balaban J connectivity index is 1.35.